The molecule has 0 aliphatic rings. The molecule has 7 nitrogen and oxygen atoms in total. The summed E-state index contributed by atoms with van der Waals surface area (Å²) in [4.78, 5) is 23.4. The number of amides is 1. The number of carboxylic acid groups (broad SMARTS) is 1. The number of hydrogen-bond donors (Lipinski definition) is 2. The number of ether oxygens (including phenoxy) is 3. The first-order valence-corrected chi connectivity index (χ1v) is 10.4. The van der Waals surface area contributed by atoms with Crippen LogP contribution in [0.3, 0.4) is 0 Å². The van der Waals surface area contributed by atoms with Crippen LogP contribution in [0.4, 0.5) is 10.5 Å². The minimum atomic E-state index is -1.02. The topological polar surface area (TPSA) is 94.1 Å². The van der Waals surface area contributed by atoms with Crippen LogP contribution < -0.4 is 10.1 Å². The molecule has 2 aromatic carbocycles. The molecule has 2 atom stereocenters. The third-order valence-corrected chi connectivity index (χ3v) is 4.53. The largest absolute Gasteiger partial charge is 0.487 e. The lowest BCUT2D eigenvalue weighted by Gasteiger charge is -2.18. The first-order valence-electron chi connectivity index (χ1n) is 9.66. The molecule has 2 aromatic rings. The summed E-state index contributed by atoms with van der Waals surface area (Å²) in [6, 6.07) is 11.7. The lowest BCUT2D eigenvalue weighted by Crippen LogP contribution is -2.29. The van der Waals surface area contributed by atoms with Crippen molar-refractivity contribution in [3.8, 4) is 5.75 Å². The Hall–Kier alpha value is -2.48. The van der Waals surface area contributed by atoms with E-state index in [4.69, 9.17) is 37.4 Å². The molecule has 2 N–H and O–H groups in total. The van der Waals surface area contributed by atoms with Gasteiger partial charge in [-0.25, -0.2) is 9.59 Å². The van der Waals surface area contributed by atoms with Crippen molar-refractivity contribution in [2.24, 2.45) is 0 Å². The van der Waals surface area contributed by atoms with Gasteiger partial charge in [-0.3, -0.25) is 5.32 Å². The number of halogens is 2. The van der Waals surface area contributed by atoms with Gasteiger partial charge in [0.1, 0.15) is 18.5 Å². The Balaban J connectivity index is 1.87. The van der Waals surface area contributed by atoms with Crippen LogP contribution in [-0.4, -0.2) is 42.1 Å². The highest BCUT2D eigenvalue weighted by Crippen LogP contribution is 2.25. The van der Waals surface area contributed by atoms with Crippen molar-refractivity contribution in [2.75, 3.05) is 11.9 Å². The Labute approximate surface area is 191 Å². The molecule has 0 saturated carbocycles. The molecule has 0 radical (unpaired) electrons. The molecule has 168 valence electrons. The summed E-state index contributed by atoms with van der Waals surface area (Å²) < 4.78 is 16.4. The van der Waals surface area contributed by atoms with Crippen molar-refractivity contribution >= 4 is 41.0 Å². The van der Waals surface area contributed by atoms with Gasteiger partial charge in [0.25, 0.3) is 0 Å². The van der Waals surface area contributed by atoms with Gasteiger partial charge in [0, 0.05) is 11.4 Å². The minimum absolute atomic E-state index is 0.00448. The van der Waals surface area contributed by atoms with Gasteiger partial charge in [-0.05, 0) is 56.7 Å². The number of carbonyl (C=O) groups excluding carboxylic acids is 1. The normalized spacial score (nSPS) is 12.8. The van der Waals surface area contributed by atoms with E-state index in [2.05, 4.69) is 5.32 Å². The summed E-state index contributed by atoms with van der Waals surface area (Å²) in [7, 11) is 0. The van der Waals surface area contributed by atoms with E-state index in [9.17, 15) is 14.7 Å². The number of nitrogens with one attached hydrogen (secondary N) is 1. The van der Waals surface area contributed by atoms with Gasteiger partial charge in [-0.1, -0.05) is 35.3 Å². The molecule has 2 rings (SSSR count). The van der Waals surface area contributed by atoms with E-state index in [0.717, 1.165) is 5.56 Å². The van der Waals surface area contributed by atoms with Crippen molar-refractivity contribution in [3.63, 3.8) is 0 Å². The third kappa shape index (κ3) is 8.65. The maximum absolute atomic E-state index is 12.0. The maximum Gasteiger partial charge on any atom is 0.411 e. The monoisotopic (exact) mass is 469 g/mol. The highest BCUT2D eigenvalue weighted by Gasteiger charge is 2.20. The van der Waals surface area contributed by atoms with Crippen molar-refractivity contribution in [1.82, 2.24) is 0 Å². The Kier molecular flexibility index (Phi) is 9.43. The quantitative estimate of drug-likeness (QED) is 0.481. The zero-order valence-electron chi connectivity index (χ0n) is 17.4. The number of hydrogen-bond acceptors (Lipinski definition) is 5. The summed E-state index contributed by atoms with van der Waals surface area (Å²) in [6.45, 7) is 5.31. The number of carbonyl (C=O) groups is 2. The Morgan fingerprint density at radius 3 is 2.48 bits per heavy atom. The molecular weight excluding hydrogens is 445 g/mol. The third-order valence-electron chi connectivity index (χ3n) is 3.99. The Morgan fingerprint density at radius 2 is 1.84 bits per heavy atom. The fraction of sp³-hybridized carbons (Fsp3) is 0.364. The van der Waals surface area contributed by atoms with E-state index in [-0.39, 0.29) is 19.1 Å². The Morgan fingerprint density at radius 1 is 1.10 bits per heavy atom. The second kappa shape index (κ2) is 11.8. The fourth-order valence-corrected chi connectivity index (χ4v) is 3.13. The van der Waals surface area contributed by atoms with Crippen LogP contribution in [0.1, 0.15) is 26.3 Å². The van der Waals surface area contributed by atoms with Crippen molar-refractivity contribution < 1.29 is 28.9 Å². The van der Waals surface area contributed by atoms with E-state index in [1.807, 2.05) is 0 Å². The van der Waals surface area contributed by atoms with Crippen LogP contribution in [0.15, 0.2) is 42.5 Å². The summed E-state index contributed by atoms with van der Waals surface area (Å²) in [5.41, 5.74) is 1.14. The molecule has 9 heteroatoms. The fourth-order valence-electron chi connectivity index (χ4n) is 2.68. The molecule has 31 heavy (non-hydrogen) atoms. The molecule has 0 fully saturated rings. The molecule has 0 aliphatic heterocycles. The number of carboxylic acids is 1. The van der Waals surface area contributed by atoms with Crippen molar-refractivity contribution in [3.05, 3.63) is 58.1 Å². The lowest BCUT2D eigenvalue weighted by molar-refractivity contribution is -0.153. The lowest BCUT2D eigenvalue weighted by atomic mass is 10.1. The number of rotatable bonds is 10. The standard InChI is InChI=1S/C22H25Cl2NO6/c1-13(2)30-20(21(26)27)10-15-5-4-6-17(9-15)31-14(3)12-29-22(28)25-19-8-7-16(23)11-18(19)24/h4-9,11,13-14,20H,10,12H2,1-3H3,(H,25,28)(H,26,27)/t14-,20-/m0/s1. The second-order valence-corrected chi connectivity index (χ2v) is 7.98. The minimum Gasteiger partial charge on any atom is -0.487 e. The molecule has 0 heterocycles. The zero-order valence-corrected chi connectivity index (χ0v) is 18.9. The van der Waals surface area contributed by atoms with E-state index in [1.165, 1.54) is 6.07 Å². The van der Waals surface area contributed by atoms with E-state index < -0.39 is 24.3 Å². The highest BCUT2D eigenvalue weighted by molar-refractivity contribution is 6.36. The van der Waals surface area contributed by atoms with Gasteiger partial charge < -0.3 is 19.3 Å². The highest BCUT2D eigenvalue weighted by atomic mass is 35.5. The summed E-state index contributed by atoms with van der Waals surface area (Å²) in [5.74, 6) is -0.489. The number of anilines is 1. The summed E-state index contributed by atoms with van der Waals surface area (Å²) >= 11 is 11.8. The summed E-state index contributed by atoms with van der Waals surface area (Å²) in [5, 5.41) is 12.6. The van der Waals surface area contributed by atoms with Crippen LogP contribution in [0.5, 0.6) is 5.75 Å². The zero-order chi connectivity index (χ0) is 23.0. The molecular formula is C22H25Cl2NO6. The van der Waals surface area contributed by atoms with Gasteiger partial charge in [0.15, 0.2) is 6.10 Å². The molecule has 0 aliphatic carbocycles. The van der Waals surface area contributed by atoms with Gasteiger partial charge in [-0.2, -0.15) is 0 Å². The van der Waals surface area contributed by atoms with Gasteiger partial charge in [0.2, 0.25) is 0 Å². The van der Waals surface area contributed by atoms with E-state index in [1.54, 1.807) is 57.2 Å². The number of aliphatic carboxylic acids is 1. The van der Waals surface area contributed by atoms with E-state index >= 15 is 0 Å². The van der Waals surface area contributed by atoms with Gasteiger partial charge in [0.05, 0.1) is 16.8 Å². The van der Waals surface area contributed by atoms with Crippen LogP contribution in [-0.2, 0) is 20.7 Å². The Bertz CT molecular complexity index is 905. The van der Waals surface area contributed by atoms with Gasteiger partial charge >= 0.3 is 12.1 Å². The average Bonchev–Trinajstić information content (AvgIpc) is 2.68. The molecule has 0 unspecified atom stereocenters. The van der Waals surface area contributed by atoms with Crippen LogP contribution in [0.25, 0.3) is 0 Å². The molecule has 0 saturated heterocycles. The molecule has 0 spiro atoms. The second-order valence-electron chi connectivity index (χ2n) is 7.14. The smallest absolute Gasteiger partial charge is 0.411 e. The molecule has 1 amide bonds. The SMILES string of the molecule is CC(C)O[C@@H](Cc1cccc(O[C@@H](C)COC(=O)Nc2ccc(Cl)cc2Cl)c1)C(=O)O. The van der Waals surface area contributed by atoms with E-state index in [0.29, 0.717) is 21.5 Å². The van der Waals surface area contributed by atoms with Crippen molar-refractivity contribution in [1.29, 1.82) is 0 Å². The van der Waals surface area contributed by atoms with Crippen LogP contribution in [0, 0.1) is 0 Å². The number of benzene rings is 2. The first-order chi connectivity index (χ1) is 14.6. The molecule has 0 bridgehead atoms. The average molecular weight is 470 g/mol. The van der Waals surface area contributed by atoms with Crippen LogP contribution in [0.2, 0.25) is 10.0 Å². The summed E-state index contributed by atoms with van der Waals surface area (Å²) in [6.07, 6.45) is -2.06. The van der Waals surface area contributed by atoms with Gasteiger partial charge in [-0.15, -0.1) is 0 Å². The maximum atomic E-state index is 12.0. The predicted molar refractivity (Wildman–Crippen MR) is 119 cm³/mol. The van der Waals surface area contributed by atoms with Crippen molar-refractivity contribution in [2.45, 2.75) is 45.5 Å². The van der Waals surface area contributed by atoms with Crippen LogP contribution >= 0.6 is 23.2 Å². The molecule has 0 aromatic heterocycles. The first kappa shape index (κ1) is 24.8. The predicted octanol–water partition coefficient (Wildman–Crippen LogP) is 5.43.